The van der Waals surface area contributed by atoms with Gasteiger partial charge in [0.15, 0.2) is 16.6 Å². The van der Waals surface area contributed by atoms with Crippen LogP contribution in [-0.2, 0) is 8.85 Å². The summed E-state index contributed by atoms with van der Waals surface area (Å²) in [7, 11) is -3.76. The summed E-state index contributed by atoms with van der Waals surface area (Å²) >= 11 is 0. The fourth-order valence-corrected chi connectivity index (χ4v) is 7.06. The van der Waals surface area contributed by atoms with Crippen LogP contribution < -0.4 is 0 Å². The third-order valence-corrected chi connectivity index (χ3v) is 18.0. The van der Waals surface area contributed by atoms with Crippen LogP contribution in [0.3, 0.4) is 0 Å². The van der Waals surface area contributed by atoms with Crippen LogP contribution in [0.5, 0.6) is 0 Å². The molecule has 0 saturated heterocycles. The van der Waals surface area contributed by atoms with E-state index in [0.717, 1.165) is 12.8 Å². The van der Waals surface area contributed by atoms with Crippen LogP contribution in [0.2, 0.25) is 36.3 Å². The molecule has 0 saturated carbocycles. The Morgan fingerprint density at radius 2 is 0.917 bits per heavy atom. The Labute approximate surface area is 222 Å². The molecule has 0 aromatic heterocycles. The molecular formula is C32H46O2Si2. The Morgan fingerprint density at radius 1 is 0.583 bits per heavy atom. The summed E-state index contributed by atoms with van der Waals surface area (Å²) in [6.45, 7) is 23.3. The second kappa shape index (κ2) is 9.54. The summed E-state index contributed by atoms with van der Waals surface area (Å²) in [5.41, 5.74) is 8.22. The van der Waals surface area contributed by atoms with E-state index in [1.807, 2.05) is 0 Å². The lowest BCUT2D eigenvalue weighted by molar-refractivity contribution is 0.232. The number of hydrogen-bond donors (Lipinski definition) is 0. The molecule has 0 fully saturated rings. The third-order valence-electron chi connectivity index (χ3n) is 9.05. The van der Waals surface area contributed by atoms with Crippen LogP contribution in [0.25, 0.3) is 11.1 Å². The average Bonchev–Trinajstić information content (AvgIpc) is 3.28. The zero-order valence-corrected chi connectivity index (χ0v) is 26.2. The van der Waals surface area contributed by atoms with Crippen molar-refractivity contribution in [3.05, 3.63) is 82.9 Å². The minimum absolute atomic E-state index is 0.0663. The van der Waals surface area contributed by atoms with Gasteiger partial charge in [-0.2, -0.15) is 0 Å². The van der Waals surface area contributed by atoms with Gasteiger partial charge in [-0.15, -0.1) is 0 Å². The molecule has 4 rings (SSSR count). The normalized spacial score (nSPS) is 20.2. The molecule has 0 N–H and O–H groups in total. The van der Waals surface area contributed by atoms with Crippen molar-refractivity contribution in [1.29, 1.82) is 0 Å². The molecule has 4 heteroatoms. The quantitative estimate of drug-likeness (QED) is 0.339. The maximum Gasteiger partial charge on any atom is 0.193 e. The molecule has 0 spiro atoms. The molecule has 0 unspecified atom stereocenters. The molecule has 194 valence electrons. The zero-order valence-electron chi connectivity index (χ0n) is 24.2. The molecule has 0 amide bonds. The van der Waals surface area contributed by atoms with Gasteiger partial charge in [0.05, 0.1) is 12.2 Å². The van der Waals surface area contributed by atoms with Gasteiger partial charge in [-0.1, -0.05) is 90.1 Å². The Balaban J connectivity index is 1.57. The summed E-state index contributed by atoms with van der Waals surface area (Å²) in [5.74, 6) is 0. The Hall–Kier alpha value is -1.73. The van der Waals surface area contributed by atoms with Crippen molar-refractivity contribution >= 4 is 27.8 Å². The van der Waals surface area contributed by atoms with Gasteiger partial charge in [0.1, 0.15) is 0 Å². The molecule has 2 aromatic carbocycles. The van der Waals surface area contributed by atoms with Gasteiger partial charge in [0.25, 0.3) is 0 Å². The highest BCUT2D eigenvalue weighted by molar-refractivity contribution is 6.74. The first-order valence-electron chi connectivity index (χ1n) is 13.6. The third kappa shape index (κ3) is 5.29. The number of allylic oxidation sites excluding steroid dienone is 2. The van der Waals surface area contributed by atoms with Gasteiger partial charge < -0.3 is 8.85 Å². The maximum atomic E-state index is 6.88. The summed E-state index contributed by atoms with van der Waals surface area (Å²) in [6.07, 6.45) is 6.96. The van der Waals surface area contributed by atoms with Crippen molar-refractivity contribution in [2.24, 2.45) is 0 Å². The molecule has 0 heterocycles. The van der Waals surface area contributed by atoms with Crippen LogP contribution in [-0.4, -0.2) is 16.6 Å². The first-order chi connectivity index (χ1) is 16.6. The van der Waals surface area contributed by atoms with E-state index in [-0.39, 0.29) is 22.3 Å². The fraction of sp³-hybridized carbons (Fsp3) is 0.500. The summed E-state index contributed by atoms with van der Waals surface area (Å²) in [5, 5.41) is 0.381. The molecule has 0 bridgehead atoms. The van der Waals surface area contributed by atoms with Crippen molar-refractivity contribution in [1.82, 2.24) is 0 Å². The van der Waals surface area contributed by atoms with E-state index in [2.05, 4.69) is 128 Å². The van der Waals surface area contributed by atoms with Crippen molar-refractivity contribution in [2.75, 3.05) is 0 Å². The molecule has 0 radical (unpaired) electrons. The van der Waals surface area contributed by atoms with E-state index >= 15 is 0 Å². The van der Waals surface area contributed by atoms with Crippen LogP contribution in [0.1, 0.15) is 88.8 Å². The van der Waals surface area contributed by atoms with E-state index < -0.39 is 16.6 Å². The summed E-state index contributed by atoms with van der Waals surface area (Å²) in [6, 6.07) is 17.7. The van der Waals surface area contributed by atoms with Gasteiger partial charge in [-0.3, -0.25) is 0 Å². The molecular weight excluding hydrogens is 473 g/mol. The molecule has 2 aliphatic carbocycles. The van der Waals surface area contributed by atoms with Crippen LogP contribution in [0.4, 0.5) is 0 Å². The van der Waals surface area contributed by atoms with E-state index in [1.165, 1.54) is 33.4 Å². The van der Waals surface area contributed by atoms with Gasteiger partial charge in [-0.05, 0) is 94.7 Å². The lowest BCUT2D eigenvalue weighted by atomic mass is 9.96. The van der Waals surface area contributed by atoms with Crippen molar-refractivity contribution in [3.63, 3.8) is 0 Å². The minimum Gasteiger partial charge on any atom is -0.406 e. The van der Waals surface area contributed by atoms with Gasteiger partial charge in [0, 0.05) is 0 Å². The van der Waals surface area contributed by atoms with Gasteiger partial charge >= 0.3 is 0 Å². The molecule has 2 aliphatic rings. The molecule has 2 atom stereocenters. The number of hydrogen-bond acceptors (Lipinski definition) is 2. The van der Waals surface area contributed by atoms with E-state index in [1.54, 1.807) is 0 Å². The van der Waals surface area contributed by atoms with Crippen molar-refractivity contribution < 1.29 is 8.85 Å². The molecule has 2 aromatic rings. The first kappa shape index (κ1) is 27.3. The van der Waals surface area contributed by atoms with Crippen molar-refractivity contribution in [3.8, 4) is 0 Å². The Kier molecular flexibility index (Phi) is 7.24. The highest BCUT2D eigenvalue weighted by Crippen LogP contribution is 2.48. The largest absolute Gasteiger partial charge is 0.406 e. The van der Waals surface area contributed by atoms with Crippen molar-refractivity contribution in [2.45, 2.75) is 103 Å². The average molecular weight is 519 g/mol. The van der Waals surface area contributed by atoms with Gasteiger partial charge in [0.2, 0.25) is 0 Å². The highest BCUT2D eigenvalue weighted by atomic mass is 28.4. The van der Waals surface area contributed by atoms with Gasteiger partial charge in [-0.25, -0.2) is 0 Å². The van der Waals surface area contributed by atoms with Crippen LogP contribution >= 0.6 is 0 Å². The predicted octanol–water partition coefficient (Wildman–Crippen LogP) is 10.1. The fourth-order valence-electron chi connectivity index (χ4n) is 4.69. The highest BCUT2D eigenvalue weighted by Gasteiger charge is 2.42. The number of benzene rings is 2. The zero-order chi connectivity index (χ0) is 26.5. The summed E-state index contributed by atoms with van der Waals surface area (Å²) in [4.78, 5) is 0. The molecule has 0 aliphatic heterocycles. The van der Waals surface area contributed by atoms with Crippen LogP contribution in [0.15, 0.2) is 60.7 Å². The van der Waals surface area contributed by atoms with E-state index in [9.17, 15) is 0 Å². The van der Waals surface area contributed by atoms with E-state index in [0.29, 0.717) is 0 Å². The monoisotopic (exact) mass is 518 g/mol. The SMILES string of the molecule is CC(C)(C)[Si](C)(C)O[C@H]1C=C(CCC2=C[C@H](O[Si](C)(C)C(C)(C)C)c3ccccc32)c2ccccc21. The number of fused-ring (bicyclic) bond motifs is 2. The minimum atomic E-state index is -1.88. The second-order valence-electron chi connectivity index (χ2n) is 13.7. The standard InChI is InChI=1S/C32H46O2Si2/c1-31(2,3)35(7,8)33-29-21-23(25-15-11-13-17-27(25)29)19-20-24-22-30(28-18-14-12-16-26(24)28)34-36(9,10)32(4,5)6/h11-18,21-22,29-30H,19-20H2,1-10H3/t29-,30-/m0/s1. The number of rotatable bonds is 7. The Morgan fingerprint density at radius 3 is 1.25 bits per heavy atom. The molecule has 2 nitrogen and oxygen atoms in total. The Bertz CT molecular complexity index is 1080. The summed E-state index contributed by atoms with van der Waals surface area (Å²) < 4.78 is 13.8. The smallest absolute Gasteiger partial charge is 0.193 e. The molecule has 36 heavy (non-hydrogen) atoms. The van der Waals surface area contributed by atoms with Crippen LogP contribution in [0, 0.1) is 0 Å². The lowest BCUT2D eigenvalue weighted by Crippen LogP contribution is -2.41. The predicted molar refractivity (Wildman–Crippen MR) is 160 cm³/mol. The first-order valence-corrected chi connectivity index (χ1v) is 19.4. The maximum absolute atomic E-state index is 6.88. The van der Waals surface area contributed by atoms with E-state index in [4.69, 9.17) is 8.85 Å². The lowest BCUT2D eigenvalue weighted by Gasteiger charge is -2.38. The second-order valence-corrected chi connectivity index (χ2v) is 23.2. The topological polar surface area (TPSA) is 18.5 Å².